The second-order valence-electron chi connectivity index (χ2n) is 5.44. The number of fused-ring (bicyclic) bond motifs is 1. The van der Waals surface area contributed by atoms with Gasteiger partial charge in [-0.3, -0.25) is 0 Å². The topological polar surface area (TPSA) is 44.5 Å². The molecule has 1 aliphatic heterocycles. The Kier molecular flexibility index (Phi) is 3.27. The molecule has 1 aromatic carbocycles. The molecule has 18 heavy (non-hydrogen) atoms. The third-order valence-corrected chi connectivity index (χ3v) is 4.45. The third-order valence-electron chi connectivity index (χ3n) is 4.45. The third kappa shape index (κ3) is 1.91. The van der Waals surface area contributed by atoms with Crippen LogP contribution in [0.15, 0.2) is 18.2 Å². The number of hydrogen-bond acceptors (Lipinski definition) is 3. The van der Waals surface area contributed by atoms with Gasteiger partial charge in [-0.1, -0.05) is 31.4 Å². The number of nitrogens with two attached hydrogens (primary N) is 1. The van der Waals surface area contributed by atoms with Crippen molar-refractivity contribution in [2.24, 2.45) is 5.73 Å². The van der Waals surface area contributed by atoms with Gasteiger partial charge in [-0.25, -0.2) is 0 Å². The van der Waals surface area contributed by atoms with E-state index in [4.69, 9.17) is 15.2 Å². The van der Waals surface area contributed by atoms with Gasteiger partial charge in [0.25, 0.3) is 0 Å². The van der Waals surface area contributed by atoms with Crippen LogP contribution in [0.5, 0.6) is 5.75 Å². The molecular formula is C15H21NO2. The van der Waals surface area contributed by atoms with Crippen molar-refractivity contribution in [3.05, 3.63) is 29.3 Å². The molecule has 0 radical (unpaired) electrons. The Bertz CT molecular complexity index is 425. The SMILES string of the molecule is NCC1(c2cccc3c2COCO3)CCCCC1. The van der Waals surface area contributed by atoms with Crippen molar-refractivity contribution in [2.75, 3.05) is 13.3 Å². The molecule has 2 N–H and O–H groups in total. The lowest BCUT2D eigenvalue weighted by atomic mass is 9.68. The van der Waals surface area contributed by atoms with Crippen LogP contribution in [0.25, 0.3) is 0 Å². The fraction of sp³-hybridized carbons (Fsp3) is 0.600. The smallest absolute Gasteiger partial charge is 0.189 e. The van der Waals surface area contributed by atoms with Crippen molar-refractivity contribution in [1.29, 1.82) is 0 Å². The Hall–Kier alpha value is -1.06. The summed E-state index contributed by atoms with van der Waals surface area (Å²) in [6.07, 6.45) is 6.29. The molecule has 98 valence electrons. The average Bonchev–Trinajstić information content (AvgIpc) is 2.47. The zero-order chi connectivity index (χ0) is 12.4. The largest absolute Gasteiger partial charge is 0.467 e. The summed E-state index contributed by atoms with van der Waals surface area (Å²) in [5.74, 6) is 0.983. The van der Waals surface area contributed by atoms with Crippen LogP contribution in [0.3, 0.4) is 0 Å². The van der Waals surface area contributed by atoms with Crippen LogP contribution in [0.4, 0.5) is 0 Å². The molecule has 0 aromatic heterocycles. The summed E-state index contributed by atoms with van der Waals surface area (Å²) < 4.78 is 11.0. The fourth-order valence-electron chi connectivity index (χ4n) is 3.41. The highest BCUT2D eigenvalue weighted by atomic mass is 16.7. The molecule has 3 nitrogen and oxygen atoms in total. The summed E-state index contributed by atoms with van der Waals surface area (Å²) in [5.41, 5.74) is 8.85. The molecule has 0 amide bonds. The van der Waals surface area contributed by atoms with Crippen LogP contribution in [0, 0.1) is 0 Å². The number of benzene rings is 1. The van der Waals surface area contributed by atoms with Gasteiger partial charge in [0.1, 0.15) is 5.75 Å². The van der Waals surface area contributed by atoms with Gasteiger partial charge in [-0.2, -0.15) is 0 Å². The molecule has 1 saturated carbocycles. The lowest BCUT2D eigenvalue weighted by Gasteiger charge is -2.39. The van der Waals surface area contributed by atoms with E-state index in [0.29, 0.717) is 13.4 Å². The summed E-state index contributed by atoms with van der Waals surface area (Å²) in [7, 11) is 0. The molecule has 3 rings (SSSR count). The molecule has 3 heteroatoms. The van der Waals surface area contributed by atoms with Gasteiger partial charge in [-0.05, 0) is 24.5 Å². The van der Waals surface area contributed by atoms with Gasteiger partial charge in [-0.15, -0.1) is 0 Å². The molecule has 0 bridgehead atoms. The molecule has 0 saturated heterocycles. The van der Waals surface area contributed by atoms with E-state index >= 15 is 0 Å². The zero-order valence-electron chi connectivity index (χ0n) is 10.8. The quantitative estimate of drug-likeness (QED) is 0.874. The normalized spacial score (nSPS) is 22.1. The van der Waals surface area contributed by atoms with Gasteiger partial charge >= 0.3 is 0 Å². The minimum absolute atomic E-state index is 0.146. The van der Waals surface area contributed by atoms with Crippen molar-refractivity contribution in [2.45, 2.75) is 44.1 Å². The van der Waals surface area contributed by atoms with E-state index < -0.39 is 0 Å². The predicted octanol–water partition coefficient (Wildman–Crippen LogP) is 2.71. The average molecular weight is 247 g/mol. The zero-order valence-corrected chi connectivity index (χ0v) is 10.8. The molecule has 0 unspecified atom stereocenters. The summed E-state index contributed by atoms with van der Waals surface area (Å²) >= 11 is 0. The predicted molar refractivity (Wildman–Crippen MR) is 70.5 cm³/mol. The van der Waals surface area contributed by atoms with Crippen LogP contribution in [0.1, 0.15) is 43.2 Å². The van der Waals surface area contributed by atoms with E-state index in [0.717, 1.165) is 12.3 Å². The van der Waals surface area contributed by atoms with E-state index in [1.807, 2.05) is 6.07 Å². The Morgan fingerprint density at radius 1 is 1.17 bits per heavy atom. The second kappa shape index (κ2) is 4.90. The Morgan fingerprint density at radius 2 is 2.00 bits per heavy atom. The summed E-state index contributed by atoms with van der Waals surface area (Å²) in [6.45, 7) is 1.75. The standard InChI is InChI=1S/C15H21NO2/c16-10-15(7-2-1-3-8-15)13-5-4-6-14-12(13)9-17-11-18-14/h4-6H,1-3,7-11,16H2. The van der Waals surface area contributed by atoms with Gasteiger partial charge in [0, 0.05) is 17.5 Å². The summed E-state index contributed by atoms with van der Waals surface area (Å²) in [4.78, 5) is 0. The van der Waals surface area contributed by atoms with Crippen LogP contribution in [-0.2, 0) is 16.8 Å². The van der Waals surface area contributed by atoms with Crippen molar-refractivity contribution in [3.63, 3.8) is 0 Å². The van der Waals surface area contributed by atoms with Crippen LogP contribution < -0.4 is 10.5 Å². The molecule has 1 aromatic rings. The molecule has 1 aliphatic carbocycles. The highest BCUT2D eigenvalue weighted by molar-refractivity contribution is 5.45. The highest BCUT2D eigenvalue weighted by Crippen LogP contribution is 2.43. The second-order valence-corrected chi connectivity index (χ2v) is 5.44. The first-order chi connectivity index (χ1) is 8.86. The molecule has 2 aliphatic rings. The van der Waals surface area contributed by atoms with E-state index in [-0.39, 0.29) is 5.41 Å². The molecule has 0 spiro atoms. The minimum Gasteiger partial charge on any atom is -0.467 e. The van der Waals surface area contributed by atoms with E-state index in [9.17, 15) is 0 Å². The fourth-order valence-corrected chi connectivity index (χ4v) is 3.41. The number of rotatable bonds is 2. The molecular weight excluding hydrogens is 226 g/mol. The lowest BCUT2D eigenvalue weighted by Crippen LogP contribution is -2.38. The Labute approximate surface area is 108 Å². The Balaban J connectivity index is 2.04. The number of hydrogen-bond donors (Lipinski definition) is 1. The minimum atomic E-state index is 0.146. The molecule has 1 heterocycles. The lowest BCUT2D eigenvalue weighted by molar-refractivity contribution is -0.0176. The number of ether oxygens (including phenoxy) is 2. The van der Waals surface area contributed by atoms with Crippen LogP contribution in [0.2, 0.25) is 0 Å². The maximum absolute atomic E-state index is 6.12. The van der Waals surface area contributed by atoms with Gasteiger partial charge in [0.05, 0.1) is 6.61 Å². The van der Waals surface area contributed by atoms with E-state index in [1.165, 1.54) is 43.2 Å². The van der Waals surface area contributed by atoms with Crippen molar-refractivity contribution in [1.82, 2.24) is 0 Å². The first-order valence-corrected chi connectivity index (χ1v) is 6.89. The first-order valence-electron chi connectivity index (χ1n) is 6.89. The van der Waals surface area contributed by atoms with Gasteiger partial charge < -0.3 is 15.2 Å². The van der Waals surface area contributed by atoms with Gasteiger partial charge in [0.2, 0.25) is 0 Å². The summed E-state index contributed by atoms with van der Waals surface area (Å²) in [6, 6.07) is 6.34. The van der Waals surface area contributed by atoms with E-state index in [2.05, 4.69) is 12.1 Å². The first kappa shape index (κ1) is 12.0. The molecule has 0 atom stereocenters. The molecule has 1 fully saturated rings. The van der Waals surface area contributed by atoms with Crippen LogP contribution >= 0.6 is 0 Å². The van der Waals surface area contributed by atoms with Crippen molar-refractivity contribution < 1.29 is 9.47 Å². The van der Waals surface area contributed by atoms with Gasteiger partial charge in [0.15, 0.2) is 6.79 Å². The van der Waals surface area contributed by atoms with Crippen LogP contribution in [-0.4, -0.2) is 13.3 Å². The monoisotopic (exact) mass is 247 g/mol. The van der Waals surface area contributed by atoms with Crippen molar-refractivity contribution >= 4 is 0 Å². The van der Waals surface area contributed by atoms with E-state index in [1.54, 1.807) is 0 Å². The summed E-state index contributed by atoms with van der Waals surface area (Å²) in [5, 5.41) is 0. The maximum atomic E-state index is 6.12. The highest BCUT2D eigenvalue weighted by Gasteiger charge is 2.35. The van der Waals surface area contributed by atoms with Crippen molar-refractivity contribution in [3.8, 4) is 5.75 Å². The maximum Gasteiger partial charge on any atom is 0.189 e. The Morgan fingerprint density at radius 3 is 2.78 bits per heavy atom.